The molecule has 2 aliphatic rings. The number of benzene rings is 1. The predicted molar refractivity (Wildman–Crippen MR) is 159 cm³/mol. The van der Waals surface area contributed by atoms with Gasteiger partial charge in [-0.3, -0.25) is 9.59 Å². The minimum absolute atomic E-state index is 0. The van der Waals surface area contributed by atoms with Crippen molar-refractivity contribution in [3.63, 3.8) is 0 Å². The Labute approximate surface area is 253 Å². The van der Waals surface area contributed by atoms with Crippen LogP contribution in [0, 0.1) is 0 Å². The molecule has 1 fully saturated rings. The lowest BCUT2D eigenvalue weighted by atomic mass is 10.1. The summed E-state index contributed by atoms with van der Waals surface area (Å²) in [6.45, 7) is 1.45. The summed E-state index contributed by atoms with van der Waals surface area (Å²) in [5.74, 6) is -1.12. The van der Waals surface area contributed by atoms with Crippen molar-refractivity contribution in [2.45, 2.75) is 30.5 Å². The Morgan fingerprint density at radius 1 is 1.17 bits per heavy atom. The summed E-state index contributed by atoms with van der Waals surface area (Å²) >= 11 is 7.39. The molecule has 0 bridgehead atoms. The van der Waals surface area contributed by atoms with E-state index in [-0.39, 0.29) is 43.0 Å². The van der Waals surface area contributed by atoms with E-state index < -0.39 is 38.4 Å². The van der Waals surface area contributed by atoms with Crippen molar-refractivity contribution in [1.29, 1.82) is 0 Å². The first-order valence-electron chi connectivity index (χ1n) is 12.5. The van der Waals surface area contributed by atoms with Crippen molar-refractivity contribution >= 4 is 78.1 Å². The average molecular weight is 666 g/mol. The highest BCUT2D eigenvalue weighted by molar-refractivity contribution is 7.89. The molecule has 41 heavy (non-hydrogen) atoms. The highest BCUT2D eigenvalue weighted by Gasteiger charge is 2.41. The minimum atomic E-state index is -4.16. The number of halogens is 2. The van der Waals surface area contributed by atoms with Gasteiger partial charge in [0.25, 0.3) is 15.9 Å². The Balaban J connectivity index is 0.00000387. The fraction of sp³-hybridized carbons (Fsp3) is 0.458. The summed E-state index contributed by atoms with van der Waals surface area (Å²) in [5, 5.41) is 1.28. The molecule has 1 atom stereocenters. The van der Waals surface area contributed by atoms with Crippen LogP contribution in [0.5, 0.6) is 0 Å². The molecule has 0 spiro atoms. The zero-order chi connectivity index (χ0) is 29.0. The molecule has 0 radical (unpaired) electrons. The summed E-state index contributed by atoms with van der Waals surface area (Å²) in [6, 6.07) is 5.40. The van der Waals surface area contributed by atoms with E-state index in [1.54, 1.807) is 18.2 Å². The molecule has 2 aromatic heterocycles. The van der Waals surface area contributed by atoms with Gasteiger partial charge in [-0.05, 0) is 31.3 Å². The zero-order valence-corrected chi connectivity index (χ0v) is 26.6. The quantitative estimate of drug-likeness (QED) is 0.422. The fourth-order valence-corrected chi connectivity index (χ4v) is 8.32. The number of amides is 2. The second-order valence-corrected chi connectivity index (χ2v) is 15.5. The number of rotatable bonds is 6. The predicted octanol–water partition coefficient (Wildman–Crippen LogP) is 2.01. The Morgan fingerprint density at radius 2 is 1.90 bits per heavy atom. The van der Waals surface area contributed by atoms with Gasteiger partial charge in [0.1, 0.15) is 5.03 Å². The van der Waals surface area contributed by atoms with Crippen LogP contribution in [0.2, 0.25) is 5.02 Å². The number of fused-ring (bicyclic) bond motifs is 2. The largest absolute Gasteiger partial charge is 0.345 e. The molecule has 4 heterocycles. The van der Waals surface area contributed by atoms with Gasteiger partial charge in [-0.15, -0.1) is 23.7 Å². The molecule has 2 amide bonds. The standard InChI is InChI=1S/C24H29ClN6O6S3.ClH/c1-28-7-6-19-20(14-28)38-23(27-19)24(33)30-8-9-31(17(13-30)12-22(32)29(2)39(3,34)35)40(36,37)21-11-15-10-16(25)4-5-18(15)26-21;/h4-5,10-11,17,26H,6-9,12-14H2,1-3H3;1H. The third-order valence-electron chi connectivity index (χ3n) is 7.22. The second kappa shape index (κ2) is 11.8. The van der Waals surface area contributed by atoms with Crippen LogP contribution >= 0.6 is 35.3 Å². The number of likely N-dealkylation sites (N-methyl/N-ethyl adjacent to an activating group) is 1. The van der Waals surface area contributed by atoms with E-state index in [0.717, 1.165) is 36.8 Å². The van der Waals surface area contributed by atoms with Crippen LogP contribution in [-0.2, 0) is 37.8 Å². The molecule has 2 aliphatic heterocycles. The molecule has 1 aromatic carbocycles. The smallest absolute Gasteiger partial charge is 0.282 e. The fourth-order valence-electron chi connectivity index (χ4n) is 4.91. The number of nitrogens with zero attached hydrogens (tertiary/aromatic N) is 5. The average Bonchev–Trinajstić information content (AvgIpc) is 3.51. The van der Waals surface area contributed by atoms with Crippen LogP contribution < -0.4 is 0 Å². The van der Waals surface area contributed by atoms with Crippen molar-refractivity contribution in [1.82, 2.24) is 28.4 Å². The molecular formula is C24H30Cl2N6O6S3. The summed E-state index contributed by atoms with van der Waals surface area (Å²) in [7, 11) is -4.88. The van der Waals surface area contributed by atoms with Gasteiger partial charge in [0.05, 0.1) is 18.0 Å². The lowest BCUT2D eigenvalue weighted by Crippen LogP contribution is -2.57. The summed E-state index contributed by atoms with van der Waals surface area (Å²) in [5.41, 5.74) is 1.47. The molecule has 0 aliphatic carbocycles. The van der Waals surface area contributed by atoms with Crippen LogP contribution in [0.1, 0.15) is 26.8 Å². The van der Waals surface area contributed by atoms with E-state index in [1.165, 1.54) is 26.6 Å². The van der Waals surface area contributed by atoms with Gasteiger partial charge in [0.15, 0.2) is 5.01 Å². The van der Waals surface area contributed by atoms with Gasteiger partial charge >= 0.3 is 0 Å². The normalized spacial score (nSPS) is 18.6. The number of carbonyl (C=O) groups is 2. The van der Waals surface area contributed by atoms with Gasteiger partial charge in [0, 0.05) is 73.4 Å². The van der Waals surface area contributed by atoms with Crippen LogP contribution in [-0.4, -0.2) is 110 Å². The van der Waals surface area contributed by atoms with E-state index in [2.05, 4.69) is 14.9 Å². The van der Waals surface area contributed by atoms with Crippen LogP contribution in [0.3, 0.4) is 0 Å². The lowest BCUT2D eigenvalue weighted by molar-refractivity contribution is -0.126. The highest BCUT2D eigenvalue weighted by atomic mass is 35.5. The second-order valence-electron chi connectivity index (χ2n) is 10.1. The maximum atomic E-state index is 13.8. The number of H-pyrrole nitrogens is 1. The number of thiazole rings is 1. The first-order valence-corrected chi connectivity index (χ1v) is 17.0. The van der Waals surface area contributed by atoms with Gasteiger partial charge in [-0.2, -0.15) is 4.31 Å². The first kappa shape index (κ1) is 31.7. The molecule has 0 saturated carbocycles. The molecule has 1 saturated heterocycles. The Hall–Kier alpha value is -2.27. The molecule has 1 unspecified atom stereocenters. The Morgan fingerprint density at radius 3 is 2.61 bits per heavy atom. The van der Waals surface area contributed by atoms with Crippen molar-refractivity contribution < 1.29 is 26.4 Å². The number of carbonyl (C=O) groups excluding carboxylic acids is 2. The van der Waals surface area contributed by atoms with E-state index in [1.807, 2.05) is 7.05 Å². The van der Waals surface area contributed by atoms with E-state index in [0.29, 0.717) is 31.8 Å². The van der Waals surface area contributed by atoms with Crippen molar-refractivity contribution in [2.24, 2.45) is 0 Å². The molecule has 5 rings (SSSR count). The Kier molecular flexibility index (Phi) is 9.10. The van der Waals surface area contributed by atoms with Gasteiger partial charge in [-0.25, -0.2) is 26.1 Å². The molecule has 224 valence electrons. The number of hydrogen-bond acceptors (Lipinski definition) is 9. The molecule has 17 heteroatoms. The third-order valence-corrected chi connectivity index (χ3v) is 11.6. The minimum Gasteiger partial charge on any atom is -0.345 e. The maximum Gasteiger partial charge on any atom is 0.282 e. The third kappa shape index (κ3) is 6.40. The summed E-state index contributed by atoms with van der Waals surface area (Å²) in [4.78, 5) is 38.5. The van der Waals surface area contributed by atoms with Crippen LogP contribution in [0.25, 0.3) is 10.9 Å². The van der Waals surface area contributed by atoms with Crippen LogP contribution in [0.4, 0.5) is 0 Å². The number of aromatic nitrogens is 2. The summed E-state index contributed by atoms with van der Waals surface area (Å²) < 4.78 is 53.4. The molecule has 12 nitrogen and oxygen atoms in total. The number of aromatic amines is 1. The van der Waals surface area contributed by atoms with Crippen molar-refractivity contribution in [3.05, 3.63) is 44.9 Å². The van der Waals surface area contributed by atoms with E-state index in [4.69, 9.17) is 11.6 Å². The number of nitrogens with one attached hydrogen (secondary N) is 1. The van der Waals surface area contributed by atoms with Gasteiger partial charge < -0.3 is 14.8 Å². The molecular weight excluding hydrogens is 635 g/mol. The maximum absolute atomic E-state index is 13.8. The number of piperazine rings is 1. The Bertz CT molecular complexity index is 1710. The molecule has 1 N–H and O–H groups in total. The highest BCUT2D eigenvalue weighted by Crippen LogP contribution is 2.30. The van der Waals surface area contributed by atoms with Crippen molar-refractivity contribution in [3.8, 4) is 0 Å². The van der Waals surface area contributed by atoms with E-state index in [9.17, 15) is 26.4 Å². The first-order chi connectivity index (χ1) is 18.7. The lowest BCUT2D eigenvalue weighted by Gasteiger charge is -2.40. The zero-order valence-electron chi connectivity index (χ0n) is 22.5. The van der Waals surface area contributed by atoms with Crippen molar-refractivity contribution in [2.75, 3.05) is 46.5 Å². The number of sulfonamides is 2. The number of hydrogen-bond donors (Lipinski definition) is 1. The monoisotopic (exact) mass is 664 g/mol. The molecule has 3 aromatic rings. The van der Waals surface area contributed by atoms with E-state index >= 15 is 0 Å². The van der Waals surface area contributed by atoms with Gasteiger partial charge in [0.2, 0.25) is 15.9 Å². The summed E-state index contributed by atoms with van der Waals surface area (Å²) in [6.07, 6.45) is 1.21. The topological polar surface area (TPSA) is 144 Å². The van der Waals surface area contributed by atoms with Crippen LogP contribution in [0.15, 0.2) is 29.3 Å². The SMILES string of the molecule is CN1CCc2nc(C(=O)N3CCN(S(=O)(=O)c4cc5cc(Cl)ccc5[nH]4)C(CC(=O)N(C)S(C)(=O)=O)C3)sc2C1.Cl. The van der Waals surface area contributed by atoms with Gasteiger partial charge in [-0.1, -0.05) is 11.6 Å².